The molecule has 1 atom stereocenters. The minimum Gasteiger partial charge on any atom is -0.383 e. The Labute approximate surface area is 122 Å². The predicted octanol–water partition coefficient (Wildman–Crippen LogP) is 1.67. The Kier molecular flexibility index (Phi) is 6.43. The standard InChI is InChI=1S/C16H27N3O/c1-3-16-14-18(10-11-19(16)12-13-20-2)9-7-15-6-4-5-8-17-15/h4-6,8,16H,3,7,9-14H2,1-2H3/t16-/m0/s1. The van der Waals surface area contributed by atoms with E-state index < -0.39 is 0 Å². The molecule has 0 unspecified atom stereocenters. The topological polar surface area (TPSA) is 28.6 Å². The van der Waals surface area contributed by atoms with Gasteiger partial charge in [0.15, 0.2) is 0 Å². The fraction of sp³-hybridized carbons (Fsp3) is 0.688. The zero-order valence-corrected chi connectivity index (χ0v) is 12.8. The van der Waals surface area contributed by atoms with E-state index in [2.05, 4.69) is 33.8 Å². The summed E-state index contributed by atoms with van der Waals surface area (Å²) in [5.74, 6) is 0. The van der Waals surface area contributed by atoms with Crippen molar-refractivity contribution in [1.82, 2.24) is 14.8 Å². The first-order valence-electron chi connectivity index (χ1n) is 7.68. The van der Waals surface area contributed by atoms with Gasteiger partial charge in [0, 0.05) is 64.2 Å². The second-order valence-electron chi connectivity index (χ2n) is 5.46. The van der Waals surface area contributed by atoms with E-state index in [0.717, 1.165) is 39.2 Å². The fourth-order valence-electron chi connectivity index (χ4n) is 2.87. The van der Waals surface area contributed by atoms with Crippen LogP contribution < -0.4 is 0 Å². The van der Waals surface area contributed by atoms with Gasteiger partial charge in [0.25, 0.3) is 0 Å². The van der Waals surface area contributed by atoms with Crippen LogP contribution in [0.2, 0.25) is 0 Å². The maximum Gasteiger partial charge on any atom is 0.0589 e. The molecule has 0 amide bonds. The highest BCUT2D eigenvalue weighted by Gasteiger charge is 2.24. The summed E-state index contributed by atoms with van der Waals surface area (Å²) < 4.78 is 5.21. The van der Waals surface area contributed by atoms with E-state index in [-0.39, 0.29) is 0 Å². The summed E-state index contributed by atoms with van der Waals surface area (Å²) in [7, 11) is 1.78. The molecule has 1 aliphatic rings. The first kappa shape index (κ1) is 15.4. The van der Waals surface area contributed by atoms with Gasteiger partial charge in [0.1, 0.15) is 0 Å². The smallest absolute Gasteiger partial charge is 0.0589 e. The number of rotatable bonds is 7. The van der Waals surface area contributed by atoms with Crippen LogP contribution in [0.25, 0.3) is 0 Å². The molecular weight excluding hydrogens is 250 g/mol. The average Bonchev–Trinajstić information content (AvgIpc) is 2.52. The van der Waals surface area contributed by atoms with E-state index in [1.165, 1.54) is 18.7 Å². The van der Waals surface area contributed by atoms with Gasteiger partial charge in [-0.25, -0.2) is 0 Å². The van der Waals surface area contributed by atoms with Crippen molar-refractivity contribution in [2.24, 2.45) is 0 Å². The third kappa shape index (κ3) is 4.54. The molecule has 1 aliphatic heterocycles. The van der Waals surface area contributed by atoms with Crippen LogP contribution in [-0.4, -0.2) is 67.3 Å². The molecule has 0 spiro atoms. The zero-order chi connectivity index (χ0) is 14.2. The van der Waals surface area contributed by atoms with Crippen molar-refractivity contribution < 1.29 is 4.74 Å². The zero-order valence-electron chi connectivity index (χ0n) is 12.8. The van der Waals surface area contributed by atoms with Gasteiger partial charge >= 0.3 is 0 Å². The molecule has 0 aliphatic carbocycles. The van der Waals surface area contributed by atoms with Crippen molar-refractivity contribution in [2.75, 3.05) is 46.4 Å². The van der Waals surface area contributed by atoms with Gasteiger partial charge in [0.2, 0.25) is 0 Å². The Hall–Kier alpha value is -0.970. The maximum atomic E-state index is 5.21. The molecule has 112 valence electrons. The number of aromatic nitrogens is 1. The summed E-state index contributed by atoms with van der Waals surface area (Å²) >= 11 is 0. The average molecular weight is 277 g/mol. The van der Waals surface area contributed by atoms with Gasteiger partial charge in [-0.05, 0) is 18.6 Å². The summed E-state index contributed by atoms with van der Waals surface area (Å²) in [5.41, 5.74) is 1.20. The lowest BCUT2D eigenvalue weighted by Crippen LogP contribution is -2.53. The van der Waals surface area contributed by atoms with Crippen LogP contribution in [0.1, 0.15) is 19.0 Å². The number of hydrogen-bond acceptors (Lipinski definition) is 4. The summed E-state index contributed by atoms with van der Waals surface area (Å²) in [6.45, 7) is 8.79. The Balaban J connectivity index is 1.78. The van der Waals surface area contributed by atoms with Gasteiger partial charge in [0.05, 0.1) is 6.61 Å². The van der Waals surface area contributed by atoms with Crippen LogP contribution >= 0.6 is 0 Å². The number of ether oxygens (including phenoxy) is 1. The van der Waals surface area contributed by atoms with E-state index in [1.54, 1.807) is 7.11 Å². The summed E-state index contributed by atoms with van der Waals surface area (Å²) in [6.07, 6.45) is 4.14. The Morgan fingerprint density at radius 2 is 2.20 bits per heavy atom. The lowest BCUT2D eigenvalue weighted by molar-refractivity contribution is 0.0502. The fourth-order valence-corrected chi connectivity index (χ4v) is 2.87. The highest BCUT2D eigenvalue weighted by Crippen LogP contribution is 2.13. The molecule has 0 saturated carbocycles. The number of methoxy groups -OCH3 is 1. The molecule has 2 rings (SSSR count). The summed E-state index contributed by atoms with van der Waals surface area (Å²) in [4.78, 5) is 9.55. The van der Waals surface area contributed by atoms with E-state index in [1.807, 2.05) is 12.3 Å². The Morgan fingerprint density at radius 1 is 1.30 bits per heavy atom. The summed E-state index contributed by atoms with van der Waals surface area (Å²) in [6, 6.07) is 6.83. The Bertz CT molecular complexity index is 371. The molecule has 0 N–H and O–H groups in total. The number of pyridine rings is 1. The highest BCUT2D eigenvalue weighted by molar-refractivity contribution is 5.03. The quantitative estimate of drug-likeness (QED) is 0.758. The molecule has 0 aromatic carbocycles. The monoisotopic (exact) mass is 277 g/mol. The third-order valence-electron chi connectivity index (χ3n) is 4.15. The maximum absolute atomic E-state index is 5.21. The molecule has 4 nitrogen and oxygen atoms in total. The van der Waals surface area contributed by atoms with Crippen molar-refractivity contribution >= 4 is 0 Å². The largest absolute Gasteiger partial charge is 0.383 e. The molecule has 20 heavy (non-hydrogen) atoms. The van der Waals surface area contributed by atoms with Gasteiger partial charge in [-0.3, -0.25) is 9.88 Å². The van der Waals surface area contributed by atoms with E-state index >= 15 is 0 Å². The minimum atomic E-state index is 0.669. The number of nitrogens with zero attached hydrogens (tertiary/aromatic N) is 3. The van der Waals surface area contributed by atoms with Crippen molar-refractivity contribution in [3.63, 3.8) is 0 Å². The first-order valence-corrected chi connectivity index (χ1v) is 7.68. The van der Waals surface area contributed by atoms with Gasteiger partial charge in [-0.2, -0.15) is 0 Å². The summed E-state index contributed by atoms with van der Waals surface area (Å²) in [5, 5.41) is 0. The van der Waals surface area contributed by atoms with Crippen LogP contribution in [0.3, 0.4) is 0 Å². The molecule has 1 saturated heterocycles. The minimum absolute atomic E-state index is 0.669. The normalized spacial score (nSPS) is 21.2. The molecule has 1 aromatic heterocycles. The molecular formula is C16H27N3O. The van der Waals surface area contributed by atoms with Crippen LogP contribution in [0.15, 0.2) is 24.4 Å². The molecule has 1 aromatic rings. The van der Waals surface area contributed by atoms with E-state index in [0.29, 0.717) is 6.04 Å². The SMILES string of the molecule is CC[C@H]1CN(CCc2ccccn2)CCN1CCOC. The lowest BCUT2D eigenvalue weighted by Gasteiger charge is -2.41. The van der Waals surface area contributed by atoms with Crippen LogP contribution in [0, 0.1) is 0 Å². The Morgan fingerprint density at radius 3 is 2.90 bits per heavy atom. The van der Waals surface area contributed by atoms with Gasteiger partial charge < -0.3 is 9.64 Å². The number of piperazine rings is 1. The van der Waals surface area contributed by atoms with Crippen LogP contribution in [0.5, 0.6) is 0 Å². The van der Waals surface area contributed by atoms with Crippen LogP contribution in [-0.2, 0) is 11.2 Å². The first-order chi connectivity index (χ1) is 9.83. The third-order valence-corrected chi connectivity index (χ3v) is 4.15. The lowest BCUT2D eigenvalue weighted by atomic mass is 10.1. The molecule has 0 bridgehead atoms. The second kappa shape index (κ2) is 8.35. The van der Waals surface area contributed by atoms with Crippen LogP contribution in [0.4, 0.5) is 0 Å². The van der Waals surface area contributed by atoms with Gasteiger partial charge in [-0.1, -0.05) is 13.0 Å². The predicted molar refractivity (Wildman–Crippen MR) is 81.9 cm³/mol. The van der Waals surface area contributed by atoms with Crippen molar-refractivity contribution in [2.45, 2.75) is 25.8 Å². The van der Waals surface area contributed by atoms with E-state index in [9.17, 15) is 0 Å². The molecule has 1 fully saturated rings. The van der Waals surface area contributed by atoms with Crippen molar-refractivity contribution in [1.29, 1.82) is 0 Å². The molecule has 4 heteroatoms. The van der Waals surface area contributed by atoms with Crippen molar-refractivity contribution in [3.05, 3.63) is 30.1 Å². The highest BCUT2D eigenvalue weighted by atomic mass is 16.5. The van der Waals surface area contributed by atoms with Crippen molar-refractivity contribution in [3.8, 4) is 0 Å². The number of hydrogen-bond donors (Lipinski definition) is 0. The van der Waals surface area contributed by atoms with E-state index in [4.69, 9.17) is 4.74 Å². The van der Waals surface area contributed by atoms with Gasteiger partial charge in [-0.15, -0.1) is 0 Å². The molecule has 0 radical (unpaired) electrons. The molecule has 2 heterocycles. The second-order valence-corrected chi connectivity index (χ2v) is 5.46.